The molecule has 1 N–H and O–H groups in total. The molecule has 3 aromatic carbocycles. The van der Waals surface area contributed by atoms with Crippen LogP contribution in [0.25, 0.3) is 28.2 Å². The normalized spacial score (nSPS) is 13.2. The fourth-order valence-corrected chi connectivity index (χ4v) is 10.6. The zero-order chi connectivity index (χ0) is 33.4. The number of nitrogens with one attached hydrogen (secondary N) is 1. The van der Waals surface area contributed by atoms with Gasteiger partial charge in [-0.05, 0) is 27.5 Å². The highest BCUT2D eigenvalue weighted by Crippen LogP contribution is 2.40. The lowest BCUT2D eigenvalue weighted by atomic mass is 10.1. The molecule has 0 bridgehead atoms. The van der Waals surface area contributed by atoms with Crippen LogP contribution in [0.2, 0.25) is 10.1 Å². The van der Waals surface area contributed by atoms with E-state index >= 15 is 0 Å². The van der Waals surface area contributed by atoms with Crippen molar-refractivity contribution in [2.24, 2.45) is 7.05 Å². The zero-order valence-electron chi connectivity index (χ0n) is 26.2. The van der Waals surface area contributed by atoms with Gasteiger partial charge in [0.15, 0.2) is 11.8 Å². The van der Waals surface area contributed by atoms with Crippen molar-refractivity contribution in [3.05, 3.63) is 109 Å². The average Bonchev–Trinajstić information content (AvgIpc) is 3.66. The summed E-state index contributed by atoms with van der Waals surface area (Å²) < 4.78 is 54.4. The number of hydrogen-bond acceptors (Lipinski definition) is 6. The van der Waals surface area contributed by atoms with E-state index in [9.17, 15) is 13.2 Å². The van der Waals surface area contributed by atoms with Crippen molar-refractivity contribution >= 4 is 41.9 Å². The number of aryl methyl sites for hydroxylation is 1. The van der Waals surface area contributed by atoms with Gasteiger partial charge in [-0.15, -0.1) is 5.10 Å². The third-order valence-corrected chi connectivity index (χ3v) is 13.3. The highest BCUT2D eigenvalue weighted by atomic mass is 35.5. The van der Waals surface area contributed by atoms with Gasteiger partial charge >= 0.3 is 6.18 Å². The molecule has 0 fully saturated rings. The van der Waals surface area contributed by atoms with Crippen LogP contribution in [0.15, 0.2) is 104 Å². The van der Waals surface area contributed by atoms with Crippen molar-refractivity contribution in [1.29, 1.82) is 0 Å². The van der Waals surface area contributed by atoms with Gasteiger partial charge in [-0.25, -0.2) is 9.50 Å². The maximum Gasteiger partial charge on any atom is 0.415 e. The molecule has 0 aliphatic carbocycles. The first-order valence-electron chi connectivity index (χ1n) is 15.0. The number of fused-ring (bicyclic) bond motifs is 1. The lowest BCUT2D eigenvalue weighted by molar-refractivity contribution is -0.193. The minimum Gasteiger partial charge on any atom is -0.394 e. The van der Waals surface area contributed by atoms with E-state index in [0.29, 0.717) is 27.6 Å². The number of halogens is 4. The van der Waals surface area contributed by atoms with Gasteiger partial charge in [0, 0.05) is 29.4 Å². The van der Waals surface area contributed by atoms with Gasteiger partial charge < -0.3 is 9.74 Å². The number of hydrogen-bond donors (Lipinski definition) is 1. The SMILES string of the molecule is Cn1cc(-c2nc(-c3ccc(Cl)cc3)cn3nc(NCC(O[Si](c4ccccc4)(c4ccccc4)C(C)(C)C)C(F)(F)F)nc23)cn1. The van der Waals surface area contributed by atoms with Crippen molar-refractivity contribution < 1.29 is 17.6 Å². The Morgan fingerprint density at radius 2 is 1.47 bits per heavy atom. The summed E-state index contributed by atoms with van der Waals surface area (Å²) >= 11 is 6.10. The van der Waals surface area contributed by atoms with E-state index in [1.807, 2.05) is 93.6 Å². The number of nitrogens with zero attached hydrogens (tertiary/aromatic N) is 6. The highest BCUT2D eigenvalue weighted by molar-refractivity contribution is 6.99. The molecule has 242 valence electrons. The summed E-state index contributed by atoms with van der Waals surface area (Å²) in [5.74, 6) is 0.00509. The van der Waals surface area contributed by atoms with Crippen LogP contribution in [0.3, 0.4) is 0 Å². The van der Waals surface area contributed by atoms with Crippen molar-refractivity contribution in [3.8, 4) is 22.5 Å². The van der Waals surface area contributed by atoms with Crippen LogP contribution in [-0.2, 0) is 11.5 Å². The Labute approximate surface area is 276 Å². The number of alkyl halides is 3. The molecule has 6 aromatic rings. The van der Waals surface area contributed by atoms with Crippen LogP contribution >= 0.6 is 11.6 Å². The van der Waals surface area contributed by atoms with Crippen molar-refractivity contribution in [1.82, 2.24) is 29.4 Å². The Kier molecular flexibility index (Phi) is 8.68. The predicted molar refractivity (Wildman–Crippen MR) is 180 cm³/mol. The molecule has 3 aromatic heterocycles. The fraction of sp³-hybridized carbons (Fsp3) is 0.235. The molecule has 0 saturated carbocycles. The topological polar surface area (TPSA) is 82.2 Å². The van der Waals surface area contributed by atoms with Crippen molar-refractivity contribution in [2.75, 3.05) is 11.9 Å². The molecule has 3 heterocycles. The summed E-state index contributed by atoms with van der Waals surface area (Å²) in [6, 6.07) is 25.7. The molecule has 1 atom stereocenters. The predicted octanol–water partition coefficient (Wildman–Crippen LogP) is 6.76. The van der Waals surface area contributed by atoms with Crippen LogP contribution in [0.1, 0.15) is 20.8 Å². The Hall–Kier alpha value is -4.52. The van der Waals surface area contributed by atoms with Gasteiger partial charge in [-0.1, -0.05) is 105 Å². The summed E-state index contributed by atoms with van der Waals surface area (Å²) in [4.78, 5) is 9.40. The van der Waals surface area contributed by atoms with Crippen LogP contribution in [0.4, 0.5) is 19.1 Å². The van der Waals surface area contributed by atoms with E-state index in [1.54, 1.807) is 42.5 Å². The molecule has 13 heteroatoms. The highest BCUT2D eigenvalue weighted by Gasteiger charge is 2.55. The molecule has 47 heavy (non-hydrogen) atoms. The molecular weight excluding hydrogens is 643 g/mol. The molecule has 0 radical (unpaired) electrons. The number of anilines is 1. The summed E-state index contributed by atoms with van der Waals surface area (Å²) in [5.41, 5.74) is 2.86. The zero-order valence-corrected chi connectivity index (χ0v) is 28.0. The minimum absolute atomic E-state index is 0.00509. The molecule has 6 rings (SSSR count). The second kappa shape index (κ2) is 12.6. The van der Waals surface area contributed by atoms with Crippen LogP contribution in [0.5, 0.6) is 0 Å². The smallest absolute Gasteiger partial charge is 0.394 e. The summed E-state index contributed by atoms with van der Waals surface area (Å²) in [6.45, 7) is 5.21. The standard InChI is InChI=1S/C34H33ClF3N7OSi/c1-33(2,3)47(26-11-7-5-8-12-26,27-13-9-6-10-14-27)46-29(34(36,37)38)20-39-32-42-31-30(24-19-40-44(4)21-24)41-28(22-45(31)43-32)23-15-17-25(35)18-16-23/h5-19,21-22,29H,20H2,1-4H3,(H,39,43). The molecule has 8 nitrogen and oxygen atoms in total. The maximum atomic E-state index is 14.9. The van der Waals surface area contributed by atoms with Gasteiger partial charge in [0.05, 0.1) is 24.6 Å². The van der Waals surface area contributed by atoms with Gasteiger partial charge in [0.2, 0.25) is 5.95 Å². The number of aromatic nitrogens is 6. The summed E-state index contributed by atoms with van der Waals surface area (Å²) in [7, 11) is -1.75. The van der Waals surface area contributed by atoms with E-state index in [-0.39, 0.29) is 5.95 Å². The van der Waals surface area contributed by atoms with Crippen LogP contribution in [0, 0.1) is 0 Å². The molecule has 0 aliphatic heterocycles. The quantitative estimate of drug-likeness (QED) is 0.171. The average molecular weight is 676 g/mol. The monoisotopic (exact) mass is 675 g/mol. The van der Waals surface area contributed by atoms with E-state index < -0.39 is 32.2 Å². The summed E-state index contributed by atoms with van der Waals surface area (Å²) in [5, 5.41) is 13.0. The Bertz CT molecular complexity index is 1940. The minimum atomic E-state index is -4.69. The Morgan fingerprint density at radius 3 is 2.00 bits per heavy atom. The van der Waals surface area contributed by atoms with E-state index in [1.165, 1.54) is 4.52 Å². The van der Waals surface area contributed by atoms with Crippen LogP contribution in [-0.4, -0.2) is 56.5 Å². The lowest BCUT2D eigenvalue weighted by Crippen LogP contribution is -2.69. The fourth-order valence-electron chi connectivity index (χ4n) is 5.77. The molecule has 0 saturated heterocycles. The molecule has 1 unspecified atom stereocenters. The second-order valence-electron chi connectivity index (χ2n) is 12.3. The lowest BCUT2D eigenvalue weighted by Gasteiger charge is -2.45. The summed E-state index contributed by atoms with van der Waals surface area (Å²) in [6.07, 6.45) is -1.75. The number of benzene rings is 3. The largest absolute Gasteiger partial charge is 0.415 e. The van der Waals surface area contributed by atoms with Gasteiger partial charge in [-0.2, -0.15) is 23.3 Å². The van der Waals surface area contributed by atoms with Crippen molar-refractivity contribution in [2.45, 2.75) is 38.1 Å². The van der Waals surface area contributed by atoms with Crippen molar-refractivity contribution in [3.63, 3.8) is 0 Å². The van der Waals surface area contributed by atoms with E-state index in [0.717, 1.165) is 15.9 Å². The molecule has 0 spiro atoms. The first-order chi connectivity index (χ1) is 22.3. The van der Waals surface area contributed by atoms with E-state index in [4.69, 9.17) is 21.0 Å². The first kappa shape index (κ1) is 32.4. The first-order valence-corrected chi connectivity index (χ1v) is 17.3. The third kappa shape index (κ3) is 6.53. The Balaban J connectivity index is 1.39. The van der Waals surface area contributed by atoms with Gasteiger partial charge in [-0.3, -0.25) is 4.68 Å². The Morgan fingerprint density at radius 1 is 0.851 bits per heavy atom. The van der Waals surface area contributed by atoms with Gasteiger partial charge in [0.25, 0.3) is 8.32 Å². The molecule has 0 amide bonds. The third-order valence-electron chi connectivity index (χ3n) is 7.98. The van der Waals surface area contributed by atoms with Crippen LogP contribution < -0.4 is 15.7 Å². The number of rotatable bonds is 9. The molecular formula is C34H33ClF3N7OSi. The maximum absolute atomic E-state index is 14.9. The second-order valence-corrected chi connectivity index (χ2v) is 17.0. The van der Waals surface area contributed by atoms with Gasteiger partial charge in [0.1, 0.15) is 5.69 Å². The molecule has 0 aliphatic rings. The van der Waals surface area contributed by atoms with E-state index in [2.05, 4.69) is 20.5 Å².